The van der Waals surface area contributed by atoms with E-state index in [4.69, 9.17) is 4.74 Å². The van der Waals surface area contributed by atoms with Crippen molar-refractivity contribution in [2.45, 2.75) is 6.61 Å². The van der Waals surface area contributed by atoms with Crippen molar-refractivity contribution in [3.63, 3.8) is 0 Å². The molecule has 0 atom stereocenters. The van der Waals surface area contributed by atoms with Gasteiger partial charge in [0.05, 0.1) is 5.56 Å². The molecule has 5 rings (SSSR count). The largest absolute Gasteiger partial charge is 0.488 e. The molecule has 198 valence electrons. The summed E-state index contributed by atoms with van der Waals surface area (Å²) in [7, 11) is 0. The molecule has 0 aliphatic carbocycles. The molecule has 2 aromatic heterocycles. The van der Waals surface area contributed by atoms with Gasteiger partial charge in [-0.1, -0.05) is 42.5 Å². The third-order valence-corrected chi connectivity index (χ3v) is 6.60. The Hall–Kier alpha value is -5.35. The summed E-state index contributed by atoms with van der Waals surface area (Å²) in [6.45, 7) is 0.403. The third kappa shape index (κ3) is 6.55. The van der Waals surface area contributed by atoms with E-state index in [0.717, 1.165) is 11.1 Å². The second kappa shape index (κ2) is 12.5. The maximum absolute atomic E-state index is 12.7. The molecule has 0 saturated heterocycles. The van der Waals surface area contributed by atoms with Crippen LogP contribution in [0.15, 0.2) is 109 Å². The van der Waals surface area contributed by atoms with Crippen molar-refractivity contribution in [2.24, 2.45) is 0 Å². The standard InChI is InChI=1S/C30H23N5O4S/c36-27(22-14-16-31-17-15-22)32-23-12-10-21(11-13-23)28(37)34-35-29(38)25-19-40-30(33-25)24-8-4-5-9-26(24)39-18-20-6-2-1-3-7-20/h1-17,19H,18H2,(H,32,36)(H,34,37)(H,35,38). The molecule has 5 aromatic rings. The Bertz CT molecular complexity index is 1620. The highest BCUT2D eigenvalue weighted by molar-refractivity contribution is 7.13. The van der Waals surface area contributed by atoms with Crippen molar-refractivity contribution in [1.82, 2.24) is 20.8 Å². The van der Waals surface area contributed by atoms with Crippen LogP contribution in [-0.4, -0.2) is 27.7 Å². The van der Waals surface area contributed by atoms with E-state index >= 15 is 0 Å². The highest BCUT2D eigenvalue weighted by Crippen LogP contribution is 2.32. The molecule has 9 nitrogen and oxygen atoms in total. The Morgan fingerprint density at radius 3 is 2.17 bits per heavy atom. The first kappa shape index (κ1) is 26.3. The van der Waals surface area contributed by atoms with Crippen LogP contribution in [0.5, 0.6) is 5.75 Å². The van der Waals surface area contributed by atoms with Crippen LogP contribution in [0.4, 0.5) is 5.69 Å². The summed E-state index contributed by atoms with van der Waals surface area (Å²) in [5.74, 6) is -0.712. The number of hydrazine groups is 1. The SMILES string of the molecule is O=C(NNC(=O)c1csc(-c2ccccc2OCc2ccccc2)n1)c1ccc(NC(=O)c2ccncc2)cc1. The zero-order valence-electron chi connectivity index (χ0n) is 21.0. The van der Waals surface area contributed by atoms with Crippen LogP contribution >= 0.6 is 11.3 Å². The van der Waals surface area contributed by atoms with E-state index < -0.39 is 11.8 Å². The lowest BCUT2D eigenvalue weighted by atomic mass is 10.2. The minimum Gasteiger partial charge on any atom is -0.488 e. The molecule has 0 unspecified atom stereocenters. The van der Waals surface area contributed by atoms with Gasteiger partial charge in [-0.3, -0.25) is 30.2 Å². The fraction of sp³-hybridized carbons (Fsp3) is 0.0333. The molecule has 0 radical (unpaired) electrons. The summed E-state index contributed by atoms with van der Waals surface area (Å²) in [6.07, 6.45) is 3.06. The van der Waals surface area contributed by atoms with Gasteiger partial charge in [-0.25, -0.2) is 4.98 Å². The molecule has 0 aliphatic heterocycles. The minimum absolute atomic E-state index is 0.160. The van der Waals surface area contributed by atoms with Crippen LogP contribution < -0.4 is 20.9 Å². The number of ether oxygens (including phenoxy) is 1. The molecule has 0 aliphatic rings. The third-order valence-electron chi connectivity index (χ3n) is 5.73. The summed E-state index contributed by atoms with van der Waals surface area (Å²) >= 11 is 1.30. The van der Waals surface area contributed by atoms with Crippen molar-refractivity contribution < 1.29 is 19.1 Å². The number of anilines is 1. The van der Waals surface area contributed by atoms with Gasteiger partial charge in [0.1, 0.15) is 23.1 Å². The molecule has 0 bridgehead atoms. The molecule has 3 aromatic carbocycles. The summed E-state index contributed by atoms with van der Waals surface area (Å²) in [5.41, 5.74) is 8.03. The smallest absolute Gasteiger partial charge is 0.289 e. The number of carbonyl (C=O) groups excluding carboxylic acids is 3. The Morgan fingerprint density at radius 1 is 0.725 bits per heavy atom. The number of thiazole rings is 1. The van der Waals surface area contributed by atoms with E-state index in [2.05, 4.69) is 26.1 Å². The number of benzene rings is 3. The first-order valence-electron chi connectivity index (χ1n) is 12.2. The van der Waals surface area contributed by atoms with Gasteiger partial charge < -0.3 is 10.1 Å². The number of nitrogens with zero attached hydrogens (tertiary/aromatic N) is 2. The van der Waals surface area contributed by atoms with Crippen LogP contribution in [0.2, 0.25) is 0 Å². The van der Waals surface area contributed by atoms with Gasteiger partial charge >= 0.3 is 0 Å². The number of hydrogen-bond donors (Lipinski definition) is 3. The van der Waals surface area contributed by atoms with E-state index in [0.29, 0.717) is 34.2 Å². The van der Waals surface area contributed by atoms with E-state index in [1.165, 1.54) is 35.9 Å². The van der Waals surface area contributed by atoms with Crippen LogP contribution in [0.1, 0.15) is 36.8 Å². The molecule has 10 heteroatoms. The second-order valence-corrected chi connectivity index (χ2v) is 9.34. The van der Waals surface area contributed by atoms with E-state index in [-0.39, 0.29) is 11.6 Å². The summed E-state index contributed by atoms with van der Waals surface area (Å²) in [4.78, 5) is 45.8. The average Bonchev–Trinajstić information content (AvgIpc) is 3.50. The first-order chi connectivity index (χ1) is 19.6. The Labute approximate surface area is 233 Å². The minimum atomic E-state index is -0.556. The van der Waals surface area contributed by atoms with Gasteiger partial charge in [0, 0.05) is 34.6 Å². The fourth-order valence-electron chi connectivity index (χ4n) is 3.67. The lowest BCUT2D eigenvalue weighted by Crippen LogP contribution is -2.41. The number of amides is 3. The van der Waals surface area contributed by atoms with E-state index in [1.54, 1.807) is 29.6 Å². The van der Waals surface area contributed by atoms with E-state index in [9.17, 15) is 14.4 Å². The van der Waals surface area contributed by atoms with Gasteiger partial charge in [-0.05, 0) is 54.1 Å². The lowest BCUT2D eigenvalue weighted by Gasteiger charge is -2.10. The molecule has 40 heavy (non-hydrogen) atoms. The van der Waals surface area contributed by atoms with Crippen molar-refractivity contribution in [1.29, 1.82) is 0 Å². The summed E-state index contributed by atoms with van der Waals surface area (Å²) < 4.78 is 6.01. The number of aromatic nitrogens is 2. The molecule has 3 amide bonds. The maximum Gasteiger partial charge on any atom is 0.289 e. The predicted molar refractivity (Wildman–Crippen MR) is 152 cm³/mol. The highest BCUT2D eigenvalue weighted by atomic mass is 32.1. The molecular weight excluding hydrogens is 526 g/mol. The molecule has 0 saturated carbocycles. The topological polar surface area (TPSA) is 122 Å². The quantitative estimate of drug-likeness (QED) is 0.231. The normalized spacial score (nSPS) is 10.4. The van der Waals surface area contributed by atoms with Crippen LogP contribution in [-0.2, 0) is 6.61 Å². The van der Waals surface area contributed by atoms with Gasteiger partial charge in [0.2, 0.25) is 0 Å². The van der Waals surface area contributed by atoms with E-state index in [1.807, 2.05) is 54.6 Å². The van der Waals surface area contributed by atoms with Crippen LogP contribution in [0.25, 0.3) is 10.6 Å². The highest BCUT2D eigenvalue weighted by Gasteiger charge is 2.16. The van der Waals surface area contributed by atoms with Crippen molar-refractivity contribution >= 4 is 34.7 Å². The second-order valence-electron chi connectivity index (χ2n) is 8.48. The zero-order valence-corrected chi connectivity index (χ0v) is 21.9. The zero-order chi connectivity index (χ0) is 27.7. The number of carbonyl (C=O) groups is 3. The number of hydrogen-bond acceptors (Lipinski definition) is 7. The van der Waals surface area contributed by atoms with Gasteiger partial charge in [-0.15, -0.1) is 11.3 Å². The molecular formula is C30H23N5O4S. The molecule has 0 fully saturated rings. The Kier molecular flexibility index (Phi) is 8.18. The lowest BCUT2D eigenvalue weighted by molar-refractivity contribution is 0.0844. The van der Waals surface area contributed by atoms with Crippen LogP contribution in [0, 0.1) is 0 Å². The number of nitrogens with one attached hydrogen (secondary N) is 3. The van der Waals surface area contributed by atoms with Crippen molar-refractivity contribution in [3.8, 4) is 16.3 Å². The van der Waals surface area contributed by atoms with Crippen LogP contribution in [0.3, 0.4) is 0 Å². The Balaban J connectivity index is 1.16. The maximum atomic E-state index is 12.7. The number of para-hydroxylation sites is 1. The van der Waals surface area contributed by atoms with Crippen molar-refractivity contribution in [3.05, 3.63) is 131 Å². The number of pyridine rings is 1. The fourth-order valence-corrected chi connectivity index (χ4v) is 4.50. The molecule has 2 heterocycles. The summed E-state index contributed by atoms with van der Waals surface area (Å²) in [6, 6.07) is 26.8. The predicted octanol–water partition coefficient (Wildman–Crippen LogP) is 5.11. The van der Waals surface area contributed by atoms with Gasteiger partial charge in [0.25, 0.3) is 17.7 Å². The average molecular weight is 550 g/mol. The molecule has 3 N–H and O–H groups in total. The monoisotopic (exact) mass is 549 g/mol. The summed E-state index contributed by atoms with van der Waals surface area (Å²) in [5, 5.41) is 4.98. The van der Waals surface area contributed by atoms with Gasteiger partial charge in [-0.2, -0.15) is 0 Å². The molecule has 0 spiro atoms. The Morgan fingerprint density at radius 2 is 1.40 bits per heavy atom. The van der Waals surface area contributed by atoms with Gasteiger partial charge in [0.15, 0.2) is 0 Å². The first-order valence-corrected chi connectivity index (χ1v) is 13.1. The number of rotatable bonds is 8. The van der Waals surface area contributed by atoms with Crippen molar-refractivity contribution in [2.75, 3.05) is 5.32 Å².